The molecular formula is F6Li2Sn. The van der Waals surface area contributed by atoms with Gasteiger partial charge in [-0.3, -0.25) is 0 Å². The Morgan fingerprint density at radius 3 is 0.333 bits per heavy atom. The maximum Gasteiger partial charge on any atom is 4.00 e. The Hall–Kier alpha value is 1.57. The van der Waals surface area contributed by atoms with Gasteiger partial charge in [0.15, 0.2) is 0 Å². The van der Waals surface area contributed by atoms with Crippen LogP contribution in [0.2, 0.25) is 0 Å². The zero-order valence-electron chi connectivity index (χ0n) is 4.77. The minimum Gasteiger partial charge on any atom is -1.00 e. The van der Waals surface area contributed by atoms with Gasteiger partial charge in [0.2, 0.25) is 0 Å². The smallest absolute Gasteiger partial charge is 1.00 e. The van der Waals surface area contributed by atoms with Crippen LogP contribution in [0.25, 0.3) is 0 Å². The Balaban J connectivity index is 0. The number of hydrogen-bond donors (Lipinski definition) is 0. The van der Waals surface area contributed by atoms with Gasteiger partial charge in [0.05, 0.1) is 0 Å². The molecule has 0 bridgehead atoms. The van der Waals surface area contributed by atoms with Crippen molar-refractivity contribution in [2.75, 3.05) is 0 Å². The van der Waals surface area contributed by atoms with Crippen molar-refractivity contribution < 1.29 is 65.9 Å². The molecule has 0 nitrogen and oxygen atoms in total. The number of halogens is 6. The molecule has 0 atom stereocenters. The molecule has 0 aromatic carbocycles. The number of rotatable bonds is 0. The van der Waals surface area contributed by atoms with E-state index in [4.69, 9.17) is 0 Å². The van der Waals surface area contributed by atoms with Gasteiger partial charge in [0.25, 0.3) is 0 Å². The molecule has 48 valence electrons. The maximum absolute atomic E-state index is 0. The quantitative estimate of drug-likeness (QED) is 0.294. The summed E-state index contributed by atoms with van der Waals surface area (Å²) in [5.41, 5.74) is 0. The molecule has 0 aliphatic rings. The van der Waals surface area contributed by atoms with Gasteiger partial charge in [-0.15, -0.1) is 0 Å². The van der Waals surface area contributed by atoms with E-state index in [1.807, 2.05) is 0 Å². The second-order valence-corrected chi connectivity index (χ2v) is 0. The van der Waals surface area contributed by atoms with Crippen LogP contribution in [0.1, 0.15) is 0 Å². The van der Waals surface area contributed by atoms with E-state index >= 15 is 0 Å². The fourth-order valence-electron chi connectivity index (χ4n) is 0. The summed E-state index contributed by atoms with van der Waals surface area (Å²) in [6.07, 6.45) is 0. The van der Waals surface area contributed by atoms with E-state index in [-0.39, 0.29) is 89.9 Å². The molecule has 0 spiro atoms. The molecule has 0 aliphatic carbocycles. The zero-order chi connectivity index (χ0) is 0. The van der Waals surface area contributed by atoms with Crippen molar-refractivity contribution in [3.8, 4) is 0 Å². The van der Waals surface area contributed by atoms with E-state index in [9.17, 15) is 0 Å². The predicted octanol–water partition coefficient (Wildman–Crippen LogP) is -24.3. The standard InChI is InChI=1S/6FH.2Li.Sn/h6*1H;;;/q;;;;;;2*+1;+4/p-6. The summed E-state index contributed by atoms with van der Waals surface area (Å²) in [7, 11) is 0. The van der Waals surface area contributed by atoms with Crippen LogP contribution in [0.3, 0.4) is 0 Å². The van der Waals surface area contributed by atoms with Gasteiger partial charge < -0.3 is 28.2 Å². The summed E-state index contributed by atoms with van der Waals surface area (Å²) < 4.78 is 0. The average Bonchev–Trinajstić information content (AvgIpc) is 0. The second-order valence-electron chi connectivity index (χ2n) is 0. The minimum absolute atomic E-state index is 0. The third-order valence-corrected chi connectivity index (χ3v) is 0. The largest absolute Gasteiger partial charge is 4.00 e. The summed E-state index contributed by atoms with van der Waals surface area (Å²) in [6.45, 7) is 0. The van der Waals surface area contributed by atoms with Crippen molar-refractivity contribution in [1.29, 1.82) is 0 Å². The van der Waals surface area contributed by atoms with Crippen molar-refractivity contribution >= 4 is 23.9 Å². The Bertz CT molecular complexity index is 11.0. The van der Waals surface area contributed by atoms with E-state index in [0.717, 1.165) is 0 Å². The first-order chi connectivity index (χ1) is 0. The molecule has 0 aliphatic heterocycles. The fraction of sp³-hybridized carbons (Fsp3) is 0. The third-order valence-electron chi connectivity index (χ3n) is 0. The summed E-state index contributed by atoms with van der Waals surface area (Å²) >= 11 is 0. The van der Waals surface area contributed by atoms with E-state index in [2.05, 4.69) is 0 Å². The van der Waals surface area contributed by atoms with Crippen LogP contribution in [0.5, 0.6) is 0 Å². The molecule has 0 aromatic rings. The van der Waals surface area contributed by atoms with Crippen molar-refractivity contribution in [3.63, 3.8) is 0 Å². The van der Waals surface area contributed by atoms with Gasteiger partial charge in [0.1, 0.15) is 0 Å². The van der Waals surface area contributed by atoms with Crippen LogP contribution in [-0.4, -0.2) is 23.9 Å². The first-order valence-electron chi connectivity index (χ1n) is 0. The topological polar surface area (TPSA) is 0 Å². The second kappa shape index (κ2) is 284. The van der Waals surface area contributed by atoms with Gasteiger partial charge in [-0.1, -0.05) is 0 Å². The maximum atomic E-state index is 0. The van der Waals surface area contributed by atoms with Gasteiger partial charge in [0, 0.05) is 0 Å². The summed E-state index contributed by atoms with van der Waals surface area (Å²) in [5.74, 6) is 0. The van der Waals surface area contributed by atoms with E-state index < -0.39 is 0 Å². The predicted molar refractivity (Wildman–Crippen MR) is 5.75 cm³/mol. The minimum atomic E-state index is 0. The molecule has 0 amide bonds. The Kier molecular flexibility index (Phi) is 12400. The molecule has 9 heavy (non-hydrogen) atoms. The van der Waals surface area contributed by atoms with E-state index in [0.29, 0.717) is 0 Å². The van der Waals surface area contributed by atoms with Crippen LogP contribution in [0.15, 0.2) is 0 Å². The van der Waals surface area contributed by atoms with Crippen LogP contribution in [-0.2, 0) is 0 Å². The van der Waals surface area contributed by atoms with Crippen LogP contribution < -0.4 is 65.9 Å². The molecule has 0 fully saturated rings. The summed E-state index contributed by atoms with van der Waals surface area (Å²) in [5, 5.41) is 0. The first-order valence-corrected chi connectivity index (χ1v) is 0. The molecule has 0 saturated carbocycles. The van der Waals surface area contributed by atoms with Crippen LogP contribution in [0, 0.1) is 0 Å². The molecular weight excluding hydrogens is 247 g/mol. The van der Waals surface area contributed by atoms with Crippen molar-refractivity contribution in [3.05, 3.63) is 0 Å². The molecule has 0 rings (SSSR count). The SMILES string of the molecule is [F-].[F-].[F-].[F-].[F-].[F-].[Li+].[Li+].[Sn+4]. The molecule has 0 unspecified atom stereocenters. The molecule has 0 N–H and O–H groups in total. The fourth-order valence-corrected chi connectivity index (χ4v) is 0. The van der Waals surface area contributed by atoms with Gasteiger partial charge in [-0.2, -0.15) is 0 Å². The Labute approximate surface area is 89.4 Å². The molecule has 9 heteroatoms. The third kappa shape index (κ3) is 222. The Morgan fingerprint density at radius 2 is 0.333 bits per heavy atom. The Morgan fingerprint density at radius 1 is 0.333 bits per heavy atom. The van der Waals surface area contributed by atoms with Crippen LogP contribution in [0.4, 0.5) is 0 Å². The van der Waals surface area contributed by atoms with Crippen molar-refractivity contribution in [1.82, 2.24) is 0 Å². The molecule has 0 radical (unpaired) electrons. The van der Waals surface area contributed by atoms with Gasteiger partial charge >= 0.3 is 61.6 Å². The van der Waals surface area contributed by atoms with E-state index in [1.54, 1.807) is 0 Å². The van der Waals surface area contributed by atoms with Crippen molar-refractivity contribution in [2.45, 2.75) is 0 Å². The number of hydrogen-bond acceptors (Lipinski definition) is 0. The summed E-state index contributed by atoms with van der Waals surface area (Å²) in [4.78, 5) is 0. The zero-order valence-corrected chi connectivity index (χ0v) is 7.62. The monoisotopic (exact) mass is 248 g/mol. The van der Waals surface area contributed by atoms with E-state index in [1.165, 1.54) is 0 Å². The normalized spacial score (nSPS) is 0. The molecule has 0 aromatic heterocycles. The van der Waals surface area contributed by atoms with Gasteiger partial charge in [-0.05, 0) is 0 Å². The summed E-state index contributed by atoms with van der Waals surface area (Å²) in [6, 6.07) is 0. The first kappa shape index (κ1) is 391. The van der Waals surface area contributed by atoms with Crippen molar-refractivity contribution in [2.24, 2.45) is 0 Å². The molecule has 0 heterocycles. The van der Waals surface area contributed by atoms with Crippen LogP contribution >= 0.6 is 0 Å². The average molecular weight is 247 g/mol. The van der Waals surface area contributed by atoms with Gasteiger partial charge in [-0.25, -0.2) is 0 Å². The molecule has 0 saturated heterocycles.